The summed E-state index contributed by atoms with van der Waals surface area (Å²) in [5.74, 6) is 1.68. The van der Waals surface area contributed by atoms with Crippen LogP contribution in [0.5, 0.6) is 5.75 Å². The quantitative estimate of drug-likeness (QED) is 0.878. The minimum absolute atomic E-state index is 0. The Kier molecular flexibility index (Phi) is 4.83. The van der Waals surface area contributed by atoms with Gasteiger partial charge in [-0.3, -0.25) is 0 Å². The second-order valence-corrected chi connectivity index (χ2v) is 6.88. The number of rotatable bonds is 2. The molecule has 2 N–H and O–H groups in total. The van der Waals surface area contributed by atoms with Crippen molar-refractivity contribution in [3.8, 4) is 5.75 Å². The highest BCUT2D eigenvalue weighted by molar-refractivity contribution is 5.85. The summed E-state index contributed by atoms with van der Waals surface area (Å²) in [7, 11) is 0. The van der Waals surface area contributed by atoms with Gasteiger partial charge in [0.25, 0.3) is 0 Å². The fourth-order valence-corrected chi connectivity index (χ4v) is 3.11. The van der Waals surface area contributed by atoms with Crippen LogP contribution in [0.25, 0.3) is 0 Å². The maximum atomic E-state index is 6.42. The van der Waals surface area contributed by atoms with E-state index in [2.05, 4.69) is 48.5 Å². The van der Waals surface area contributed by atoms with Crippen molar-refractivity contribution >= 4 is 12.4 Å². The van der Waals surface area contributed by atoms with E-state index < -0.39 is 0 Å². The first-order valence-electron chi connectivity index (χ1n) is 7.24. The average Bonchev–Trinajstić information content (AvgIpc) is 2.54. The van der Waals surface area contributed by atoms with Crippen LogP contribution in [-0.4, -0.2) is 5.60 Å². The van der Waals surface area contributed by atoms with Crippen LogP contribution in [0.15, 0.2) is 0 Å². The van der Waals surface area contributed by atoms with Gasteiger partial charge in [0.1, 0.15) is 11.4 Å². The van der Waals surface area contributed by atoms with Gasteiger partial charge in [-0.1, -0.05) is 13.8 Å². The van der Waals surface area contributed by atoms with Gasteiger partial charge in [-0.25, -0.2) is 0 Å². The normalized spacial score (nSPS) is 19.6. The van der Waals surface area contributed by atoms with Crippen LogP contribution in [0.2, 0.25) is 0 Å². The molecular weight excluding hydrogens is 270 g/mol. The van der Waals surface area contributed by atoms with E-state index in [0.717, 1.165) is 12.2 Å². The lowest BCUT2D eigenvalue weighted by Crippen LogP contribution is -2.35. The molecule has 0 radical (unpaired) electrons. The summed E-state index contributed by atoms with van der Waals surface area (Å²) < 4.78 is 6.13. The molecule has 0 aliphatic carbocycles. The fraction of sp³-hybridized carbons (Fsp3) is 0.647. The number of halogens is 1. The van der Waals surface area contributed by atoms with E-state index in [0.29, 0.717) is 5.92 Å². The maximum absolute atomic E-state index is 6.42. The molecule has 2 nitrogen and oxygen atoms in total. The standard InChI is InChI=1S/C17H27NO.ClH/c1-9(2)8-13-10(3)11(4)15-14(12(13)5)16(18)17(6,7)19-15;/h9,16H,8,18H2,1-7H3;1H. The molecule has 2 rings (SSSR count). The monoisotopic (exact) mass is 297 g/mol. The van der Waals surface area contributed by atoms with Crippen molar-refractivity contribution < 1.29 is 4.74 Å². The third-order valence-electron chi connectivity index (χ3n) is 4.49. The fourth-order valence-electron chi connectivity index (χ4n) is 3.11. The molecule has 0 fully saturated rings. The molecule has 114 valence electrons. The smallest absolute Gasteiger partial charge is 0.128 e. The topological polar surface area (TPSA) is 35.2 Å². The van der Waals surface area contributed by atoms with Crippen molar-refractivity contribution in [3.63, 3.8) is 0 Å². The molecule has 1 unspecified atom stereocenters. The molecule has 0 bridgehead atoms. The Morgan fingerprint density at radius 1 is 1.10 bits per heavy atom. The lowest BCUT2D eigenvalue weighted by Gasteiger charge is -2.23. The minimum Gasteiger partial charge on any atom is -0.485 e. The summed E-state index contributed by atoms with van der Waals surface area (Å²) in [5.41, 5.74) is 12.8. The first-order valence-corrected chi connectivity index (χ1v) is 7.24. The van der Waals surface area contributed by atoms with Crippen LogP contribution in [0.4, 0.5) is 0 Å². The van der Waals surface area contributed by atoms with Gasteiger partial charge >= 0.3 is 0 Å². The number of nitrogens with two attached hydrogens (primary N) is 1. The van der Waals surface area contributed by atoms with Crippen LogP contribution in [0.3, 0.4) is 0 Å². The number of hydrogen-bond donors (Lipinski definition) is 1. The molecule has 0 saturated heterocycles. The van der Waals surface area contributed by atoms with Crippen LogP contribution in [-0.2, 0) is 6.42 Å². The number of fused-ring (bicyclic) bond motifs is 1. The second kappa shape index (κ2) is 5.57. The lowest BCUT2D eigenvalue weighted by atomic mass is 9.84. The van der Waals surface area contributed by atoms with Gasteiger partial charge in [0.05, 0.1) is 6.04 Å². The van der Waals surface area contributed by atoms with Gasteiger partial charge in [0.2, 0.25) is 0 Å². The predicted molar refractivity (Wildman–Crippen MR) is 88.1 cm³/mol. The molecule has 20 heavy (non-hydrogen) atoms. The molecule has 0 aromatic heterocycles. The Hall–Kier alpha value is -0.730. The molecule has 0 saturated carbocycles. The molecule has 1 aromatic carbocycles. The molecule has 0 spiro atoms. The lowest BCUT2D eigenvalue weighted by molar-refractivity contribution is 0.111. The number of hydrogen-bond acceptors (Lipinski definition) is 2. The van der Waals surface area contributed by atoms with Crippen molar-refractivity contribution in [2.45, 2.75) is 66.5 Å². The Morgan fingerprint density at radius 3 is 2.15 bits per heavy atom. The number of ether oxygens (including phenoxy) is 1. The summed E-state index contributed by atoms with van der Waals surface area (Å²) >= 11 is 0. The van der Waals surface area contributed by atoms with Crippen molar-refractivity contribution in [1.29, 1.82) is 0 Å². The molecule has 0 amide bonds. The first-order chi connectivity index (χ1) is 8.66. The summed E-state index contributed by atoms with van der Waals surface area (Å²) in [6.07, 6.45) is 1.11. The van der Waals surface area contributed by atoms with E-state index in [1.54, 1.807) is 0 Å². The van der Waals surface area contributed by atoms with E-state index in [-0.39, 0.29) is 24.0 Å². The summed E-state index contributed by atoms with van der Waals surface area (Å²) in [6.45, 7) is 15.3. The van der Waals surface area contributed by atoms with E-state index in [9.17, 15) is 0 Å². The van der Waals surface area contributed by atoms with Crippen molar-refractivity contribution in [1.82, 2.24) is 0 Å². The molecule has 1 aliphatic heterocycles. The van der Waals surface area contributed by atoms with Crippen LogP contribution < -0.4 is 10.5 Å². The Labute approximate surface area is 129 Å². The predicted octanol–water partition coefficient (Wildman–Crippen LogP) is 4.40. The van der Waals surface area contributed by atoms with Gasteiger partial charge in [-0.05, 0) is 69.2 Å². The Morgan fingerprint density at radius 2 is 1.65 bits per heavy atom. The largest absolute Gasteiger partial charge is 0.485 e. The van der Waals surface area contributed by atoms with Gasteiger partial charge in [-0.2, -0.15) is 0 Å². The van der Waals surface area contributed by atoms with Crippen molar-refractivity contribution in [3.05, 3.63) is 27.8 Å². The highest BCUT2D eigenvalue weighted by atomic mass is 35.5. The molecule has 3 heteroatoms. The summed E-state index contributed by atoms with van der Waals surface area (Å²) in [6, 6.07) is -0.0345. The van der Waals surface area contributed by atoms with Crippen molar-refractivity contribution in [2.75, 3.05) is 0 Å². The molecule has 1 aliphatic rings. The van der Waals surface area contributed by atoms with Crippen LogP contribution >= 0.6 is 12.4 Å². The summed E-state index contributed by atoms with van der Waals surface area (Å²) in [5, 5.41) is 0. The maximum Gasteiger partial charge on any atom is 0.128 e. The third-order valence-corrected chi connectivity index (χ3v) is 4.49. The third kappa shape index (κ3) is 2.56. The van der Waals surface area contributed by atoms with Gasteiger partial charge < -0.3 is 10.5 Å². The zero-order valence-corrected chi connectivity index (χ0v) is 14.6. The van der Waals surface area contributed by atoms with Gasteiger partial charge in [-0.15, -0.1) is 12.4 Å². The van der Waals surface area contributed by atoms with E-state index in [4.69, 9.17) is 10.5 Å². The SMILES string of the molecule is Cc1c(C)c2c(c(C)c1CC(C)C)C(N)C(C)(C)O2.Cl. The highest BCUT2D eigenvalue weighted by Gasteiger charge is 2.41. The van der Waals surface area contributed by atoms with Crippen LogP contribution in [0, 0.1) is 26.7 Å². The summed E-state index contributed by atoms with van der Waals surface area (Å²) in [4.78, 5) is 0. The average molecular weight is 298 g/mol. The molecule has 1 aromatic rings. The van der Waals surface area contributed by atoms with E-state index in [1.807, 2.05) is 0 Å². The zero-order chi connectivity index (χ0) is 14.5. The molecular formula is C17H28ClNO. The minimum atomic E-state index is -0.305. The van der Waals surface area contributed by atoms with Crippen molar-refractivity contribution in [2.24, 2.45) is 11.7 Å². The highest BCUT2D eigenvalue weighted by Crippen LogP contribution is 2.47. The van der Waals surface area contributed by atoms with E-state index in [1.165, 1.54) is 27.8 Å². The first kappa shape index (κ1) is 17.3. The van der Waals surface area contributed by atoms with Crippen LogP contribution in [0.1, 0.15) is 61.6 Å². The molecule has 1 heterocycles. The van der Waals surface area contributed by atoms with E-state index >= 15 is 0 Å². The second-order valence-electron chi connectivity index (χ2n) is 6.88. The van der Waals surface area contributed by atoms with Gasteiger partial charge in [0, 0.05) is 5.56 Å². The Balaban J connectivity index is 0.00000200. The zero-order valence-electron chi connectivity index (χ0n) is 13.8. The molecule has 1 atom stereocenters. The van der Waals surface area contributed by atoms with Gasteiger partial charge in [0.15, 0.2) is 0 Å². The Bertz CT molecular complexity index is 520. The number of benzene rings is 1.